The molecule has 2 atom stereocenters. The first-order chi connectivity index (χ1) is 9.90. The van der Waals surface area contributed by atoms with E-state index in [9.17, 15) is 13.2 Å². The molecule has 0 aliphatic heterocycles. The highest BCUT2D eigenvalue weighted by Crippen LogP contribution is 2.38. The van der Waals surface area contributed by atoms with Crippen LogP contribution in [0.3, 0.4) is 0 Å². The Morgan fingerprint density at radius 2 is 2.10 bits per heavy atom. The summed E-state index contributed by atoms with van der Waals surface area (Å²) in [6.45, 7) is 2.38. The van der Waals surface area contributed by atoms with Crippen molar-refractivity contribution < 1.29 is 17.9 Å². The maximum atomic E-state index is 12.8. The molecule has 0 radical (unpaired) electrons. The van der Waals surface area contributed by atoms with Crippen molar-refractivity contribution in [3.8, 4) is 5.75 Å². The van der Waals surface area contributed by atoms with Crippen LogP contribution in [0.25, 0.3) is 0 Å². The van der Waals surface area contributed by atoms with Crippen LogP contribution < -0.4 is 10.1 Å². The second-order valence-electron chi connectivity index (χ2n) is 5.32. The maximum absolute atomic E-state index is 12.8. The molecule has 118 valence electrons. The molecule has 2 rings (SSSR count). The number of alkyl halides is 3. The fourth-order valence-electron chi connectivity index (χ4n) is 2.72. The molecule has 1 aliphatic rings. The fraction of sp³-hybridized carbons (Fsp3) is 0.600. The first-order valence-corrected chi connectivity index (χ1v) is 7.53. The number of halogens is 4. The third-order valence-corrected chi connectivity index (χ3v) is 4.03. The van der Waals surface area contributed by atoms with Gasteiger partial charge in [-0.25, -0.2) is 0 Å². The summed E-state index contributed by atoms with van der Waals surface area (Å²) in [5.41, 5.74) is 0.733. The van der Waals surface area contributed by atoms with Gasteiger partial charge in [-0.15, -0.1) is 0 Å². The van der Waals surface area contributed by atoms with Gasteiger partial charge in [-0.1, -0.05) is 18.0 Å². The number of ether oxygens (including phenoxy) is 1. The Bertz CT molecular complexity index is 478. The first kappa shape index (κ1) is 16.3. The number of nitrogens with one attached hydrogen (secondary N) is 1. The quantitative estimate of drug-likeness (QED) is 0.815. The number of benzene rings is 1. The standard InChI is InChI=1S/C15H19ClF3NO/c1-2-21-14-7-6-12(9-13(14)16)20-11-5-3-4-10(8-11)15(17,18)19/h6-7,9-11,20H,2-5,8H2,1H3. The third kappa shape index (κ3) is 4.43. The lowest BCUT2D eigenvalue weighted by Crippen LogP contribution is -2.34. The van der Waals surface area contributed by atoms with Crippen LogP contribution in [0.4, 0.5) is 18.9 Å². The largest absolute Gasteiger partial charge is 0.492 e. The Labute approximate surface area is 127 Å². The van der Waals surface area contributed by atoms with E-state index in [0.717, 1.165) is 12.1 Å². The maximum Gasteiger partial charge on any atom is 0.391 e. The van der Waals surface area contributed by atoms with Crippen LogP contribution in [0.5, 0.6) is 5.75 Å². The number of rotatable bonds is 4. The van der Waals surface area contributed by atoms with Crippen molar-refractivity contribution in [1.29, 1.82) is 0 Å². The average molecular weight is 322 g/mol. The van der Waals surface area contributed by atoms with Crippen molar-refractivity contribution in [1.82, 2.24) is 0 Å². The molecule has 0 heterocycles. The van der Waals surface area contributed by atoms with E-state index in [1.54, 1.807) is 18.2 Å². The Kier molecular flexibility index (Phi) is 5.25. The van der Waals surface area contributed by atoms with Crippen LogP contribution in [0.2, 0.25) is 5.02 Å². The molecule has 1 fully saturated rings. The van der Waals surface area contributed by atoms with E-state index < -0.39 is 12.1 Å². The van der Waals surface area contributed by atoms with Gasteiger partial charge in [0.1, 0.15) is 5.75 Å². The molecule has 1 aromatic carbocycles. The minimum Gasteiger partial charge on any atom is -0.492 e. The van der Waals surface area contributed by atoms with E-state index in [4.69, 9.17) is 16.3 Å². The van der Waals surface area contributed by atoms with Crippen LogP contribution in [0.15, 0.2) is 18.2 Å². The van der Waals surface area contributed by atoms with Crippen LogP contribution in [0.1, 0.15) is 32.6 Å². The summed E-state index contributed by atoms with van der Waals surface area (Å²) in [4.78, 5) is 0. The summed E-state index contributed by atoms with van der Waals surface area (Å²) in [6, 6.07) is 5.05. The molecule has 1 saturated carbocycles. The van der Waals surface area contributed by atoms with E-state index >= 15 is 0 Å². The lowest BCUT2D eigenvalue weighted by molar-refractivity contribution is -0.182. The molecule has 0 spiro atoms. The average Bonchev–Trinajstić information content (AvgIpc) is 2.41. The second-order valence-corrected chi connectivity index (χ2v) is 5.73. The minimum absolute atomic E-state index is 0.119. The van der Waals surface area contributed by atoms with Gasteiger partial charge in [0.15, 0.2) is 0 Å². The molecule has 1 N–H and O–H groups in total. The van der Waals surface area contributed by atoms with Gasteiger partial charge in [0.05, 0.1) is 17.5 Å². The molecule has 6 heteroatoms. The summed E-state index contributed by atoms with van der Waals surface area (Å²) in [5.74, 6) is -0.622. The van der Waals surface area contributed by atoms with Crippen molar-refractivity contribution in [3.05, 3.63) is 23.2 Å². The van der Waals surface area contributed by atoms with Crippen molar-refractivity contribution in [3.63, 3.8) is 0 Å². The molecular weight excluding hydrogens is 303 g/mol. The van der Waals surface area contributed by atoms with E-state index in [1.807, 2.05) is 6.92 Å². The van der Waals surface area contributed by atoms with Gasteiger partial charge >= 0.3 is 6.18 Å². The predicted octanol–water partition coefficient (Wildman–Crippen LogP) is 5.27. The zero-order chi connectivity index (χ0) is 15.5. The molecule has 2 unspecified atom stereocenters. The summed E-state index contributed by atoms with van der Waals surface area (Å²) in [5, 5.41) is 3.62. The van der Waals surface area contributed by atoms with Gasteiger partial charge in [-0.2, -0.15) is 13.2 Å². The molecule has 2 nitrogen and oxygen atoms in total. The van der Waals surface area contributed by atoms with Crippen molar-refractivity contribution in [2.45, 2.75) is 44.8 Å². The molecule has 0 amide bonds. The highest BCUT2D eigenvalue weighted by atomic mass is 35.5. The van der Waals surface area contributed by atoms with E-state index in [2.05, 4.69) is 5.32 Å². The normalized spacial score (nSPS) is 22.9. The van der Waals surface area contributed by atoms with Gasteiger partial charge in [-0.05, 0) is 44.4 Å². The zero-order valence-electron chi connectivity index (χ0n) is 11.8. The van der Waals surface area contributed by atoms with Gasteiger partial charge in [-0.3, -0.25) is 0 Å². The first-order valence-electron chi connectivity index (χ1n) is 7.15. The second kappa shape index (κ2) is 6.77. The molecule has 1 aliphatic carbocycles. The molecule has 21 heavy (non-hydrogen) atoms. The predicted molar refractivity (Wildman–Crippen MR) is 78.0 cm³/mol. The Morgan fingerprint density at radius 1 is 1.33 bits per heavy atom. The molecule has 0 saturated heterocycles. The summed E-state index contributed by atoms with van der Waals surface area (Å²) in [7, 11) is 0. The van der Waals surface area contributed by atoms with Gasteiger partial charge in [0, 0.05) is 11.7 Å². The van der Waals surface area contributed by atoms with E-state index in [1.165, 1.54) is 0 Å². The molecular formula is C15H19ClF3NO. The topological polar surface area (TPSA) is 21.3 Å². The minimum atomic E-state index is -4.10. The monoisotopic (exact) mass is 321 g/mol. The highest BCUT2D eigenvalue weighted by Gasteiger charge is 2.42. The Balaban J connectivity index is 1.99. The molecule has 0 aromatic heterocycles. The summed E-state index contributed by atoms with van der Waals surface area (Å²) in [6.07, 6.45) is -2.42. The lowest BCUT2D eigenvalue weighted by atomic mass is 9.85. The van der Waals surface area contributed by atoms with E-state index in [-0.39, 0.29) is 18.9 Å². The zero-order valence-corrected chi connectivity index (χ0v) is 12.6. The summed E-state index contributed by atoms with van der Waals surface area (Å²) >= 11 is 6.08. The summed E-state index contributed by atoms with van der Waals surface area (Å²) < 4.78 is 43.7. The molecule has 1 aromatic rings. The fourth-order valence-corrected chi connectivity index (χ4v) is 2.95. The van der Waals surface area contributed by atoms with Gasteiger partial charge in [0.25, 0.3) is 0 Å². The van der Waals surface area contributed by atoms with Crippen LogP contribution >= 0.6 is 11.6 Å². The number of hydrogen-bond acceptors (Lipinski definition) is 2. The Hall–Kier alpha value is -1.10. The van der Waals surface area contributed by atoms with Gasteiger partial charge < -0.3 is 10.1 Å². The van der Waals surface area contributed by atoms with Crippen molar-refractivity contribution in [2.24, 2.45) is 5.92 Å². The third-order valence-electron chi connectivity index (χ3n) is 3.74. The van der Waals surface area contributed by atoms with Crippen LogP contribution in [-0.4, -0.2) is 18.8 Å². The Morgan fingerprint density at radius 3 is 2.71 bits per heavy atom. The molecule has 0 bridgehead atoms. The SMILES string of the molecule is CCOc1ccc(NC2CCCC(C(F)(F)F)C2)cc1Cl. The smallest absolute Gasteiger partial charge is 0.391 e. The van der Waals surface area contributed by atoms with Crippen molar-refractivity contribution >= 4 is 17.3 Å². The van der Waals surface area contributed by atoms with Gasteiger partial charge in [0.2, 0.25) is 0 Å². The lowest BCUT2D eigenvalue weighted by Gasteiger charge is -2.31. The van der Waals surface area contributed by atoms with Crippen LogP contribution in [-0.2, 0) is 0 Å². The highest BCUT2D eigenvalue weighted by molar-refractivity contribution is 6.32. The van der Waals surface area contributed by atoms with E-state index in [0.29, 0.717) is 23.8 Å². The number of anilines is 1. The van der Waals surface area contributed by atoms with Crippen molar-refractivity contribution in [2.75, 3.05) is 11.9 Å². The number of hydrogen-bond donors (Lipinski definition) is 1. The van der Waals surface area contributed by atoms with Crippen LogP contribution in [0, 0.1) is 5.92 Å².